The normalized spacial score (nSPS) is 16.6. The van der Waals surface area contributed by atoms with Gasteiger partial charge in [0.05, 0.1) is 5.60 Å². The van der Waals surface area contributed by atoms with Crippen LogP contribution in [0.1, 0.15) is 91.4 Å². The lowest BCUT2D eigenvalue weighted by atomic mass is 9.83. The summed E-state index contributed by atoms with van der Waals surface area (Å²) in [6.07, 6.45) is 8.16. The second kappa shape index (κ2) is 10.5. The summed E-state index contributed by atoms with van der Waals surface area (Å²) in [7, 11) is -2.23. The highest BCUT2D eigenvalue weighted by Gasteiger charge is 2.52. The number of hydrogen-bond acceptors (Lipinski definition) is 2. The fourth-order valence-corrected chi connectivity index (χ4v) is 6.55. The van der Waals surface area contributed by atoms with Crippen molar-refractivity contribution in [3.8, 4) is 5.69 Å². The van der Waals surface area contributed by atoms with Gasteiger partial charge in [0.25, 0.3) is 5.82 Å². The topological polar surface area (TPSA) is 30.9 Å². The third-order valence-electron chi connectivity index (χ3n) is 7.93. The Labute approximate surface area is 212 Å². The molecule has 0 bridgehead atoms. The molecule has 1 aliphatic heterocycles. The molecule has 0 aliphatic carbocycles. The van der Waals surface area contributed by atoms with Crippen LogP contribution in [-0.4, -0.2) is 23.7 Å². The molecule has 0 saturated heterocycles. The van der Waals surface area contributed by atoms with Gasteiger partial charge in [0.15, 0.2) is 8.32 Å². The highest BCUT2D eigenvalue weighted by atomic mass is 28.4. The van der Waals surface area contributed by atoms with E-state index in [0.717, 1.165) is 49.6 Å². The molecule has 202 valence electrons. The molecule has 4 nitrogen and oxygen atoms in total. The second-order valence-electron chi connectivity index (χ2n) is 11.5. The highest BCUT2D eigenvalue weighted by Crippen LogP contribution is 2.46. The number of nitrogens with zero attached hydrogens (tertiary/aromatic N) is 3. The predicted octanol–water partition coefficient (Wildman–Crippen LogP) is 7.48. The molecule has 36 heavy (non-hydrogen) atoms. The zero-order chi connectivity index (χ0) is 27.1. The molecule has 2 aromatic rings. The van der Waals surface area contributed by atoms with Gasteiger partial charge in [0.1, 0.15) is 6.04 Å². The molecule has 0 saturated carbocycles. The van der Waals surface area contributed by atoms with Crippen molar-refractivity contribution in [2.75, 3.05) is 0 Å². The van der Waals surface area contributed by atoms with Crippen LogP contribution < -0.4 is 4.57 Å². The first-order chi connectivity index (χ1) is 16.7. The Morgan fingerprint density at radius 3 is 1.92 bits per heavy atom. The summed E-state index contributed by atoms with van der Waals surface area (Å²) in [5.74, 6) is -9.40. The van der Waals surface area contributed by atoms with Crippen LogP contribution in [0.3, 0.4) is 0 Å². The van der Waals surface area contributed by atoms with E-state index in [1.165, 1.54) is 6.33 Å². The lowest BCUT2D eigenvalue weighted by molar-refractivity contribution is -0.731. The fraction of sp³-hybridized carbons (Fsp3) is 0.692. The molecule has 2 heterocycles. The van der Waals surface area contributed by atoms with Crippen LogP contribution >= 0.6 is 0 Å². The largest absolute Gasteiger partial charge is 0.408 e. The average molecular weight is 533 g/mol. The Morgan fingerprint density at radius 2 is 1.44 bits per heavy atom. The maximum atomic E-state index is 14.6. The van der Waals surface area contributed by atoms with Crippen molar-refractivity contribution < 1.29 is 30.9 Å². The van der Waals surface area contributed by atoms with Crippen molar-refractivity contribution in [2.45, 2.75) is 116 Å². The molecule has 10 heteroatoms. The van der Waals surface area contributed by atoms with Gasteiger partial charge in [-0.2, -0.15) is 8.78 Å². The second-order valence-corrected chi connectivity index (χ2v) is 16.2. The Kier molecular flexibility index (Phi) is 8.40. The monoisotopic (exact) mass is 532 g/mol. The van der Waals surface area contributed by atoms with E-state index in [2.05, 4.69) is 52.8 Å². The molecule has 0 N–H and O–H groups in total. The van der Waals surface area contributed by atoms with E-state index in [1.807, 2.05) is 4.57 Å². The maximum Gasteiger partial charge on any atom is 0.278 e. The number of aromatic nitrogens is 3. The van der Waals surface area contributed by atoms with E-state index in [-0.39, 0.29) is 11.1 Å². The SMILES string of the molecule is CCCCC(CCCC)(O[Si](C)(C)C(C)(C)C)[C@H]1CCc2nn(-c3c(F)c(F)c(F)c(F)c3F)c[n+]21. The molecule has 0 amide bonds. The fourth-order valence-electron chi connectivity index (χ4n) is 4.89. The number of benzene rings is 1. The van der Waals surface area contributed by atoms with Gasteiger partial charge in [0, 0.05) is 11.5 Å². The van der Waals surface area contributed by atoms with Crippen molar-refractivity contribution >= 4 is 8.32 Å². The zero-order valence-corrected chi connectivity index (χ0v) is 23.5. The maximum absolute atomic E-state index is 14.6. The summed E-state index contributed by atoms with van der Waals surface area (Å²) in [4.78, 5) is 0. The van der Waals surface area contributed by atoms with Crippen molar-refractivity contribution in [3.05, 3.63) is 41.2 Å². The predicted molar refractivity (Wildman–Crippen MR) is 131 cm³/mol. The Bertz CT molecular complexity index is 1060. The van der Waals surface area contributed by atoms with Gasteiger partial charge in [-0.05, 0) is 37.4 Å². The number of fused-ring (bicyclic) bond motifs is 1. The first-order valence-corrected chi connectivity index (χ1v) is 15.8. The Morgan fingerprint density at radius 1 is 0.944 bits per heavy atom. The quantitative estimate of drug-likeness (QED) is 0.104. The number of unbranched alkanes of at least 4 members (excludes halogenated alkanes) is 2. The Hall–Kier alpha value is -1.81. The molecule has 1 aromatic carbocycles. The lowest BCUT2D eigenvalue weighted by Crippen LogP contribution is -2.58. The molecular formula is C26H39F5N3OSi+. The van der Waals surface area contributed by atoms with Crippen LogP contribution in [0, 0.1) is 29.1 Å². The van der Waals surface area contributed by atoms with Gasteiger partial charge in [-0.1, -0.05) is 65.0 Å². The first-order valence-electron chi connectivity index (χ1n) is 12.9. The van der Waals surface area contributed by atoms with Gasteiger partial charge >= 0.3 is 0 Å². The first kappa shape index (κ1) is 28.8. The minimum Gasteiger partial charge on any atom is -0.408 e. The molecule has 1 atom stereocenters. The number of rotatable bonds is 10. The molecule has 0 unspecified atom stereocenters. The van der Waals surface area contributed by atoms with Crippen LogP contribution in [0.25, 0.3) is 5.69 Å². The number of halogens is 5. The molecule has 3 rings (SSSR count). The van der Waals surface area contributed by atoms with Crippen LogP contribution in [0.5, 0.6) is 0 Å². The van der Waals surface area contributed by atoms with Crippen LogP contribution in [0.4, 0.5) is 22.0 Å². The van der Waals surface area contributed by atoms with Crippen LogP contribution in [0.15, 0.2) is 6.33 Å². The minimum atomic E-state index is -2.23. The molecule has 0 fully saturated rings. The summed E-state index contributed by atoms with van der Waals surface area (Å²) in [6, 6.07) is -0.158. The highest BCUT2D eigenvalue weighted by molar-refractivity contribution is 6.74. The van der Waals surface area contributed by atoms with Crippen molar-refractivity contribution in [2.24, 2.45) is 0 Å². The summed E-state index contributed by atoms with van der Waals surface area (Å²) < 4.78 is 80.4. The molecule has 1 aromatic heterocycles. The van der Waals surface area contributed by atoms with Crippen LogP contribution in [-0.2, 0) is 10.8 Å². The third-order valence-corrected chi connectivity index (χ3v) is 12.5. The van der Waals surface area contributed by atoms with Crippen LogP contribution in [0.2, 0.25) is 18.1 Å². The Balaban J connectivity index is 2.14. The summed E-state index contributed by atoms with van der Waals surface area (Å²) in [5, 5.41) is 4.24. The minimum absolute atomic E-state index is 0.0254. The van der Waals surface area contributed by atoms with Gasteiger partial charge in [0.2, 0.25) is 41.1 Å². The average Bonchev–Trinajstić information content (AvgIpc) is 3.38. The van der Waals surface area contributed by atoms with E-state index in [0.29, 0.717) is 12.2 Å². The van der Waals surface area contributed by atoms with Gasteiger partial charge in [-0.3, -0.25) is 0 Å². The molecular weight excluding hydrogens is 493 g/mol. The number of aryl methyl sites for hydroxylation is 1. The summed E-state index contributed by atoms with van der Waals surface area (Å²) in [6.45, 7) is 15.3. The summed E-state index contributed by atoms with van der Waals surface area (Å²) in [5.41, 5.74) is -1.58. The van der Waals surface area contributed by atoms with E-state index in [1.54, 1.807) is 0 Å². The number of hydrogen-bond donors (Lipinski definition) is 0. The van der Waals surface area contributed by atoms with Gasteiger partial charge in [-0.15, -0.1) is 0 Å². The third kappa shape index (κ3) is 5.12. The lowest BCUT2D eigenvalue weighted by Gasteiger charge is -2.48. The van der Waals surface area contributed by atoms with Crippen molar-refractivity contribution in [1.82, 2.24) is 9.78 Å². The summed E-state index contributed by atoms with van der Waals surface area (Å²) >= 11 is 0. The van der Waals surface area contributed by atoms with Gasteiger partial charge < -0.3 is 4.43 Å². The van der Waals surface area contributed by atoms with E-state index in [9.17, 15) is 22.0 Å². The van der Waals surface area contributed by atoms with E-state index >= 15 is 0 Å². The van der Waals surface area contributed by atoms with E-state index < -0.39 is 48.7 Å². The molecule has 1 aliphatic rings. The van der Waals surface area contributed by atoms with E-state index in [4.69, 9.17) is 4.43 Å². The van der Waals surface area contributed by atoms with Gasteiger partial charge in [-0.25, -0.2) is 17.7 Å². The molecule has 0 spiro atoms. The molecule has 0 radical (unpaired) electrons. The smallest absolute Gasteiger partial charge is 0.278 e. The van der Waals surface area contributed by atoms with Crippen molar-refractivity contribution in [1.29, 1.82) is 0 Å². The van der Waals surface area contributed by atoms with Crippen molar-refractivity contribution in [3.63, 3.8) is 0 Å². The zero-order valence-electron chi connectivity index (χ0n) is 22.5. The standard InChI is InChI=1S/C26H39F5N3OSi/c1-8-10-14-26(15-11-9-2,35-36(6,7)25(3,4)5)17-12-13-18-32-34(16-33(17)18)24-22(30)20(28)19(27)21(29)23(24)31/h16-17H,8-15H2,1-7H3/q+1/t17-/m1/s1.